The average Bonchev–Trinajstić information content (AvgIpc) is 2.64. The van der Waals surface area contributed by atoms with Gasteiger partial charge in [0.25, 0.3) is 0 Å². The molecule has 0 atom stereocenters. The predicted molar refractivity (Wildman–Crippen MR) is 63.8 cm³/mol. The van der Waals surface area contributed by atoms with Crippen molar-refractivity contribution in [2.45, 2.75) is 45.9 Å². The van der Waals surface area contributed by atoms with E-state index < -0.39 is 0 Å². The first-order valence-electron chi connectivity index (χ1n) is 5.42. The number of hydrogen-bond donors (Lipinski definition) is 0. The Kier molecular flexibility index (Phi) is 4.52. The molecule has 1 aromatic heterocycles. The highest BCUT2D eigenvalue weighted by Crippen LogP contribution is 2.21. The van der Waals surface area contributed by atoms with Crippen molar-refractivity contribution < 1.29 is 0 Å². The van der Waals surface area contributed by atoms with E-state index in [1.807, 2.05) is 25.6 Å². The molecule has 1 aromatic rings. The van der Waals surface area contributed by atoms with Crippen LogP contribution in [0.5, 0.6) is 0 Å². The number of aryl methyl sites for hydroxylation is 1. The Bertz CT molecular complexity index is 255. The average molecular weight is 212 g/mol. The van der Waals surface area contributed by atoms with E-state index in [0.29, 0.717) is 5.92 Å². The zero-order chi connectivity index (χ0) is 10.6. The van der Waals surface area contributed by atoms with Gasteiger partial charge in [0.1, 0.15) is 0 Å². The number of fused-ring (bicyclic) bond motifs is 1. The lowest BCUT2D eigenvalue weighted by atomic mass is 10.1. The number of nitrogens with zero attached hydrogens (tertiary/aromatic N) is 2. The molecule has 0 bridgehead atoms. The lowest BCUT2D eigenvalue weighted by molar-refractivity contribution is 0.665. The number of thioether (sulfide) groups is 1. The quantitative estimate of drug-likeness (QED) is 0.711. The molecule has 0 saturated heterocycles. The normalized spacial score (nSPS) is 14.6. The minimum absolute atomic E-state index is 0.563. The van der Waals surface area contributed by atoms with Crippen molar-refractivity contribution in [3.8, 4) is 0 Å². The number of hydrogen-bond acceptors (Lipinski definition) is 2. The minimum atomic E-state index is 0.563. The largest absolute Gasteiger partial charge is 0.259 e. The third-order valence-corrected chi connectivity index (χ3v) is 3.11. The lowest BCUT2D eigenvalue weighted by Crippen LogP contribution is -2.09. The van der Waals surface area contributed by atoms with Gasteiger partial charge in [-0.1, -0.05) is 27.7 Å². The highest BCUT2D eigenvalue weighted by Gasteiger charge is 2.13. The maximum Gasteiger partial charge on any atom is 0.0866 e. The summed E-state index contributed by atoms with van der Waals surface area (Å²) in [7, 11) is 0. The Morgan fingerprint density at radius 3 is 2.71 bits per heavy atom. The van der Waals surface area contributed by atoms with E-state index in [1.165, 1.54) is 23.6 Å². The van der Waals surface area contributed by atoms with E-state index in [9.17, 15) is 0 Å². The van der Waals surface area contributed by atoms with Crippen molar-refractivity contribution in [1.29, 1.82) is 0 Å². The molecule has 0 unspecified atom stereocenters. The second-order valence-electron chi connectivity index (χ2n) is 3.50. The van der Waals surface area contributed by atoms with Crippen LogP contribution in [0.2, 0.25) is 0 Å². The second kappa shape index (κ2) is 5.44. The fraction of sp³-hybridized carbons (Fsp3) is 0.727. The first-order chi connectivity index (χ1) is 6.77. The van der Waals surface area contributed by atoms with Gasteiger partial charge in [-0.25, -0.2) is 0 Å². The van der Waals surface area contributed by atoms with Crippen LogP contribution in [0, 0.1) is 0 Å². The SMILES string of the molecule is CC.CC(C)c1cc2n(n1)CSCC2. The highest BCUT2D eigenvalue weighted by molar-refractivity contribution is 7.98. The maximum atomic E-state index is 4.55. The molecule has 0 N–H and O–H groups in total. The van der Waals surface area contributed by atoms with Gasteiger partial charge in [0.05, 0.1) is 11.6 Å². The molecule has 0 spiro atoms. The molecule has 2 nitrogen and oxygen atoms in total. The maximum absolute atomic E-state index is 4.55. The minimum Gasteiger partial charge on any atom is -0.259 e. The Morgan fingerprint density at radius 1 is 1.43 bits per heavy atom. The Balaban J connectivity index is 0.000000461. The first kappa shape index (κ1) is 11.6. The van der Waals surface area contributed by atoms with E-state index in [4.69, 9.17) is 0 Å². The van der Waals surface area contributed by atoms with E-state index in [1.54, 1.807) is 0 Å². The van der Waals surface area contributed by atoms with Crippen LogP contribution in [0.15, 0.2) is 6.07 Å². The van der Waals surface area contributed by atoms with Crippen molar-refractivity contribution in [2.75, 3.05) is 5.75 Å². The molecule has 1 aliphatic rings. The molecule has 2 heterocycles. The van der Waals surface area contributed by atoms with Gasteiger partial charge in [-0.05, 0) is 18.4 Å². The molecule has 14 heavy (non-hydrogen) atoms. The number of rotatable bonds is 1. The molecule has 3 heteroatoms. The fourth-order valence-corrected chi connectivity index (χ4v) is 2.28. The molecule has 1 aliphatic heterocycles. The topological polar surface area (TPSA) is 17.8 Å². The van der Waals surface area contributed by atoms with Gasteiger partial charge in [-0.2, -0.15) is 5.10 Å². The van der Waals surface area contributed by atoms with Crippen LogP contribution < -0.4 is 0 Å². The molecule has 0 saturated carbocycles. The van der Waals surface area contributed by atoms with Gasteiger partial charge in [-0.3, -0.25) is 4.68 Å². The third-order valence-electron chi connectivity index (χ3n) is 2.19. The second-order valence-corrected chi connectivity index (χ2v) is 4.58. The van der Waals surface area contributed by atoms with Crippen LogP contribution in [0.3, 0.4) is 0 Å². The van der Waals surface area contributed by atoms with Crippen molar-refractivity contribution >= 4 is 11.8 Å². The van der Waals surface area contributed by atoms with Crippen LogP contribution in [-0.4, -0.2) is 15.5 Å². The van der Waals surface area contributed by atoms with Gasteiger partial charge < -0.3 is 0 Å². The van der Waals surface area contributed by atoms with Crippen LogP contribution in [0.1, 0.15) is 45.0 Å². The Morgan fingerprint density at radius 2 is 2.14 bits per heavy atom. The molecular formula is C11H20N2S. The zero-order valence-electron chi connectivity index (χ0n) is 9.58. The molecule has 0 radical (unpaired) electrons. The smallest absolute Gasteiger partial charge is 0.0866 e. The lowest BCUT2D eigenvalue weighted by Gasteiger charge is -2.11. The molecule has 0 aromatic carbocycles. The van der Waals surface area contributed by atoms with Crippen LogP contribution in [0.25, 0.3) is 0 Å². The summed E-state index contributed by atoms with van der Waals surface area (Å²) in [4.78, 5) is 0. The van der Waals surface area contributed by atoms with Gasteiger partial charge in [0.15, 0.2) is 0 Å². The van der Waals surface area contributed by atoms with Crippen molar-refractivity contribution in [1.82, 2.24) is 9.78 Å². The van der Waals surface area contributed by atoms with Gasteiger partial charge in [-0.15, -0.1) is 11.8 Å². The van der Waals surface area contributed by atoms with E-state index in [-0.39, 0.29) is 0 Å². The molecule has 2 rings (SSSR count). The van der Waals surface area contributed by atoms with E-state index >= 15 is 0 Å². The summed E-state index contributed by atoms with van der Waals surface area (Å²) in [6.07, 6.45) is 1.18. The monoisotopic (exact) mass is 212 g/mol. The van der Waals surface area contributed by atoms with Gasteiger partial charge in [0.2, 0.25) is 0 Å². The summed E-state index contributed by atoms with van der Waals surface area (Å²) in [6, 6.07) is 2.25. The standard InChI is InChI=1S/C9H14N2S.C2H6/c1-7(2)9-5-8-3-4-12-6-11(8)10-9;1-2/h5,7H,3-4,6H2,1-2H3;1-2H3. The van der Waals surface area contributed by atoms with E-state index in [0.717, 1.165) is 5.88 Å². The first-order valence-corrected chi connectivity index (χ1v) is 6.57. The summed E-state index contributed by atoms with van der Waals surface area (Å²) in [5.74, 6) is 2.86. The summed E-state index contributed by atoms with van der Waals surface area (Å²) in [5.41, 5.74) is 2.66. The third kappa shape index (κ3) is 2.53. The molecule has 0 aliphatic carbocycles. The summed E-state index contributed by atoms with van der Waals surface area (Å²) in [5, 5.41) is 4.55. The van der Waals surface area contributed by atoms with Crippen LogP contribution in [0.4, 0.5) is 0 Å². The Labute approximate surface area is 91.1 Å². The summed E-state index contributed by atoms with van der Waals surface area (Å²) < 4.78 is 2.14. The predicted octanol–water partition coefficient (Wildman–Crippen LogP) is 3.28. The number of aromatic nitrogens is 2. The summed E-state index contributed by atoms with van der Waals surface area (Å²) >= 11 is 1.96. The molecular weight excluding hydrogens is 192 g/mol. The van der Waals surface area contributed by atoms with Gasteiger partial charge >= 0.3 is 0 Å². The zero-order valence-corrected chi connectivity index (χ0v) is 10.4. The molecule has 0 amide bonds. The van der Waals surface area contributed by atoms with Crippen molar-refractivity contribution in [3.05, 3.63) is 17.5 Å². The molecule has 0 fully saturated rings. The fourth-order valence-electron chi connectivity index (χ4n) is 1.40. The van der Waals surface area contributed by atoms with Gasteiger partial charge in [0, 0.05) is 11.4 Å². The molecule has 80 valence electrons. The Hall–Kier alpha value is -0.440. The van der Waals surface area contributed by atoms with Crippen LogP contribution in [-0.2, 0) is 12.3 Å². The van der Waals surface area contributed by atoms with Crippen LogP contribution >= 0.6 is 11.8 Å². The van der Waals surface area contributed by atoms with Crippen molar-refractivity contribution in [2.24, 2.45) is 0 Å². The van der Waals surface area contributed by atoms with E-state index in [2.05, 4.69) is 29.7 Å². The highest BCUT2D eigenvalue weighted by atomic mass is 32.2. The summed E-state index contributed by atoms with van der Waals surface area (Å²) in [6.45, 7) is 8.39. The van der Waals surface area contributed by atoms with Crippen molar-refractivity contribution in [3.63, 3.8) is 0 Å².